The number of benzene rings is 2. The van der Waals surface area contributed by atoms with Gasteiger partial charge in [0.25, 0.3) is 0 Å². The molecule has 0 saturated carbocycles. The van der Waals surface area contributed by atoms with Crippen LogP contribution in [0.25, 0.3) is 11.1 Å². The molecule has 0 bridgehead atoms. The molecule has 178 valence electrons. The molecule has 34 heavy (non-hydrogen) atoms. The molecule has 0 aliphatic heterocycles. The van der Waals surface area contributed by atoms with Gasteiger partial charge in [0.2, 0.25) is 0 Å². The average Bonchev–Trinajstić information content (AvgIpc) is 3.21. The van der Waals surface area contributed by atoms with Gasteiger partial charge in [0, 0.05) is 18.4 Å². The zero-order valence-electron chi connectivity index (χ0n) is 18.5. The summed E-state index contributed by atoms with van der Waals surface area (Å²) in [6, 6.07) is 15.3. The number of carboxylic acids is 1. The number of hydrogen-bond acceptors (Lipinski definition) is 4. The number of rotatable bonds is 8. The van der Waals surface area contributed by atoms with E-state index in [4.69, 9.17) is 14.6 Å². The van der Waals surface area contributed by atoms with Crippen LogP contribution in [0.1, 0.15) is 54.4 Å². The van der Waals surface area contributed by atoms with Crippen molar-refractivity contribution in [2.75, 3.05) is 6.61 Å². The standard InChI is InChI=1S/C26H24F3NO4/c1-2-33-23(15-24(31)32)16-8-10-17(11-9-16)34-22-13-12-19-18(5-3-6-20(19)22)21-7-4-14-30-25(21)26(27,28)29/h3-11,14,22-23H,2,12-13,15H2,1H3,(H,31,32)/t22-,23+/m1/s1. The lowest BCUT2D eigenvalue weighted by Crippen LogP contribution is -2.10. The first-order valence-electron chi connectivity index (χ1n) is 11.0. The van der Waals surface area contributed by atoms with E-state index in [0.29, 0.717) is 30.8 Å². The van der Waals surface area contributed by atoms with Crippen LogP contribution in [0, 0.1) is 0 Å². The second-order valence-electron chi connectivity index (χ2n) is 8.03. The highest BCUT2D eigenvalue weighted by Crippen LogP contribution is 2.43. The number of alkyl halides is 3. The van der Waals surface area contributed by atoms with Gasteiger partial charge in [0.1, 0.15) is 11.9 Å². The summed E-state index contributed by atoms with van der Waals surface area (Å²) >= 11 is 0. The molecule has 1 heterocycles. The quantitative estimate of drug-likeness (QED) is 0.413. The minimum atomic E-state index is -4.55. The number of aromatic nitrogens is 1. The van der Waals surface area contributed by atoms with Gasteiger partial charge in [-0.2, -0.15) is 13.2 Å². The lowest BCUT2D eigenvalue weighted by atomic mass is 9.95. The predicted octanol–water partition coefficient (Wildman–Crippen LogP) is 6.39. The number of carbonyl (C=O) groups is 1. The van der Waals surface area contributed by atoms with Crippen LogP contribution >= 0.6 is 0 Å². The molecule has 2 aromatic carbocycles. The maximum atomic E-state index is 13.5. The van der Waals surface area contributed by atoms with Gasteiger partial charge in [-0.25, -0.2) is 0 Å². The number of halogens is 3. The summed E-state index contributed by atoms with van der Waals surface area (Å²) in [5, 5.41) is 9.10. The van der Waals surface area contributed by atoms with Crippen LogP contribution in [0.2, 0.25) is 0 Å². The molecule has 0 amide bonds. The molecular formula is C26H24F3NO4. The molecule has 5 nitrogen and oxygen atoms in total. The number of nitrogens with zero attached hydrogens (tertiary/aromatic N) is 1. The average molecular weight is 471 g/mol. The number of fused-ring (bicyclic) bond motifs is 1. The number of hydrogen-bond donors (Lipinski definition) is 1. The van der Waals surface area contributed by atoms with E-state index in [1.165, 1.54) is 12.1 Å². The Morgan fingerprint density at radius 1 is 1.12 bits per heavy atom. The minimum Gasteiger partial charge on any atom is -0.486 e. The first-order valence-corrected chi connectivity index (χ1v) is 11.0. The van der Waals surface area contributed by atoms with Crippen molar-refractivity contribution in [3.63, 3.8) is 0 Å². The lowest BCUT2D eigenvalue weighted by molar-refractivity contribution is -0.141. The van der Waals surface area contributed by atoms with Crippen molar-refractivity contribution in [1.29, 1.82) is 0 Å². The molecule has 0 radical (unpaired) electrons. The summed E-state index contributed by atoms with van der Waals surface area (Å²) in [6.45, 7) is 2.20. The Kier molecular flexibility index (Phi) is 6.88. The maximum Gasteiger partial charge on any atom is 0.433 e. The molecule has 2 atom stereocenters. The Labute approximate surface area is 195 Å². The smallest absolute Gasteiger partial charge is 0.433 e. The van der Waals surface area contributed by atoms with Gasteiger partial charge in [-0.1, -0.05) is 36.4 Å². The molecule has 8 heteroatoms. The van der Waals surface area contributed by atoms with Gasteiger partial charge in [0.05, 0.1) is 12.5 Å². The first kappa shape index (κ1) is 23.8. The van der Waals surface area contributed by atoms with E-state index in [2.05, 4.69) is 4.98 Å². The van der Waals surface area contributed by atoms with E-state index >= 15 is 0 Å². The highest BCUT2D eigenvalue weighted by molar-refractivity contribution is 5.72. The Balaban J connectivity index is 1.57. The van der Waals surface area contributed by atoms with Crippen molar-refractivity contribution in [1.82, 2.24) is 4.98 Å². The molecule has 0 saturated heterocycles. The third-order valence-corrected chi connectivity index (χ3v) is 5.84. The Morgan fingerprint density at radius 2 is 1.85 bits per heavy atom. The Hall–Kier alpha value is -3.39. The fraction of sp³-hybridized carbons (Fsp3) is 0.308. The summed E-state index contributed by atoms with van der Waals surface area (Å²) in [4.78, 5) is 14.7. The van der Waals surface area contributed by atoms with Gasteiger partial charge in [0.15, 0.2) is 5.69 Å². The Bertz CT molecular complexity index is 1160. The molecule has 1 aliphatic rings. The van der Waals surface area contributed by atoms with Crippen LogP contribution in [0.4, 0.5) is 13.2 Å². The van der Waals surface area contributed by atoms with Crippen LogP contribution in [0.15, 0.2) is 60.8 Å². The van der Waals surface area contributed by atoms with Crippen LogP contribution in [-0.4, -0.2) is 22.7 Å². The normalized spacial score (nSPS) is 16.2. The summed E-state index contributed by atoms with van der Waals surface area (Å²) in [6.07, 6.45) is -3.15. The second kappa shape index (κ2) is 9.85. The van der Waals surface area contributed by atoms with E-state index in [-0.39, 0.29) is 18.1 Å². The van der Waals surface area contributed by atoms with Crippen molar-refractivity contribution in [2.45, 2.75) is 44.6 Å². The molecule has 1 aliphatic carbocycles. The predicted molar refractivity (Wildman–Crippen MR) is 119 cm³/mol. The van der Waals surface area contributed by atoms with E-state index in [1.807, 2.05) is 6.07 Å². The van der Waals surface area contributed by atoms with Gasteiger partial charge in [-0.15, -0.1) is 0 Å². The molecule has 0 spiro atoms. The molecule has 0 fully saturated rings. The summed E-state index contributed by atoms with van der Waals surface area (Å²) < 4.78 is 52.3. The highest BCUT2D eigenvalue weighted by Gasteiger charge is 2.37. The monoisotopic (exact) mass is 471 g/mol. The number of carboxylic acid groups (broad SMARTS) is 1. The third-order valence-electron chi connectivity index (χ3n) is 5.84. The Morgan fingerprint density at radius 3 is 2.53 bits per heavy atom. The van der Waals surface area contributed by atoms with Crippen LogP contribution in [-0.2, 0) is 22.1 Å². The maximum absolute atomic E-state index is 13.5. The fourth-order valence-electron chi connectivity index (χ4n) is 4.40. The zero-order valence-corrected chi connectivity index (χ0v) is 18.5. The van der Waals surface area contributed by atoms with Crippen molar-refractivity contribution in [3.05, 3.63) is 83.2 Å². The van der Waals surface area contributed by atoms with Crippen molar-refractivity contribution < 1.29 is 32.5 Å². The molecule has 0 unspecified atom stereocenters. The molecule has 1 N–H and O–H groups in total. The summed E-state index contributed by atoms with van der Waals surface area (Å²) in [5.74, 6) is -0.352. The van der Waals surface area contributed by atoms with E-state index in [1.54, 1.807) is 43.3 Å². The lowest BCUT2D eigenvalue weighted by Gasteiger charge is -2.18. The topological polar surface area (TPSA) is 68.7 Å². The molecule has 1 aromatic heterocycles. The SMILES string of the molecule is CCO[C@@H](CC(=O)O)c1ccc(O[C@@H]2CCc3c(-c4cccnc4C(F)(F)F)cccc32)cc1. The van der Waals surface area contributed by atoms with Gasteiger partial charge >= 0.3 is 12.1 Å². The highest BCUT2D eigenvalue weighted by atomic mass is 19.4. The van der Waals surface area contributed by atoms with E-state index in [9.17, 15) is 18.0 Å². The van der Waals surface area contributed by atoms with Crippen LogP contribution < -0.4 is 4.74 Å². The van der Waals surface area contributed by atoms with Gasteiger partial charge < -0.3 is 14.6 Å². The largest absolute Gasteiger partial charge is 0.486 e. The van der Waals surface area contributed by atoms with Crippen molar-refractivity contribution >= 4 is 5.97 Å². The van der Waals surface area contributed by atoms with Gasteiger partial charge in [-0.3, -0.25) is 9.78 Å². The summed E-state index contributed by atoms with van der Waals surface area (Å²) in [7, 11) is 0. The minimum absolute atomic E-state index is 0.0669. The fourth-order valence-corrected chi connectivity index (χ4v) is 4.40. The van der Waals surface area contributed by atoms with E-state index in [0.717, 1.165) is 22.9 Å². The molecule has 3 aromatic rings. The van der Waals surface area contributed by atoms with Crippen LogP contribution in [0.3, 0.4) is 0 Å². The first-order chi connectivity index (χ1) is 16.3. The van der Waals surface area contributed by atoms with Crippen molar-refractivity contribution in [3.8, 4) is 16.9 Å². The van der Waals surface area contributed by atoms with Crippen molar-refractivity contribution in [2.24, 2.45) is 0 Å². The van der Waals surface area contributed by atoms with Gasteiger partial charge in [-0.05, 0) is 60.2 Å². The number of aliphatic carboxylic acids is 1. The van der Waals surface area contributed by atoms with Crippen LogP contribution in [0.5, 0.6) is 5.75 Å². The van der Waals surface area contributed by atoms with E-state index < -0.39 is 23.9 Å². The molecule has 4 rings (SSSR count). The molecular weight excluding hydrogens is 447 g/mol. The number of ether oxygens (including phenoxy) is 2. The third kappa shape index (κ3) is 5.07. The summed E-state index contributed by atoms with van der Waals surface area (Å²) in [5.41, 5.74) is 2.12. The second-order valence-corrected chi connectivity index (χ2v) is 8.03. The zero-order chi connectivity index (χ0) is 24.3. The number of pyridine rings is 1.